The van der Waals surface area contributed by atoms with E-state index in [1.807, 2.05) is 24.3 Å². The first-order chi connectivity index (χ1) is 18.6. The maximum atomic E-state index is 12.5. The van der Waals surface area contributed by atoms with E-state index in [-0.39, 0.29) is 24.6 Å². The molecule has 38 heavy (non-hydrogen) atoms. The summed E-state index contributed by atoms with van der Waals surface area (Å²) in [6, 6.07) is 16.6. The van der Waals surface area contributed by atoms with Crippen molar-refractivity contribution < 1.29 is 33.3 Å². The summed E-state index contributed by atoms with van der Waals surface area (Å²) in [5.74, 6) is -0.123. The van der Waals surface area contributed by atoms with Gasteiger partial charge in [-0.05, 0) is 28.7 Å². The first kappa shape index (κ1) is 29.6. The minimum absolute atomic E-state index is 0.0442. The second-order valence-electron chi connectivity index (χ2n) is 9.24. The molecule has 0 unspecified atom stereocenters. The molecule has 0 saturated carbocycles. The van der Waals surface area contributed by atoms with Gasteiger partial charge < -0.3 is 28.6 Å². The first-order valence-electron chi connectivity index (χ1n) is 13.6. The maximum Gasteiger partial charge on any atom is 0.409 e. The van der Waals surface area contributed by atoms with Crippen LogP contribution >= 0.6 is 0 Å². The molecule has 0 fully saturated rings. The van der Waals surface area contributed by atoms with Crippen molar-refractivity contribution in [2.24, 2.45) is 0 Å². The number of carbonyl (C=O) groups is 2. The number of fused-ring (bicyclic) bond motifs is 3. The highest BCUT2D eigenvalue weighted by Crippen LogP contribution is 2.44. The lowest BCUT2D eigenvalue weighted by Crippen LogP contribution is -2.32. The fourth-order valence-corrected chi connectivity index (χ4v) is 4.34. The van der Waals surface area contributed by atoms with Crippen LogP contribution in [0.25, 0.3) is 11.1 Å². The van der Waals surface area contributed by atoms with Crippen LogP contribution in [0.5, 0.6) is 0 Å². The summed E-state index contributed by atoms with van der Waals surface area (Å²) in [5, 5.41) is 0. The Labute approximate surface area is 226 Å². The SMILES string of the molecule is CCCCCC(=O)OCCOCCOCCOCCN(C)C(=O)OCC1c2ccccc2-c2ccccc21. The van der Waals surface area contributed by atoms with Crippen LogP contribution in [0.4, 0.5) is 4.79 Å². The van der Waals surface area contributed by atoms with Crippen molar-refractivity contribution >= 4 is 12.1 Å². The summed E-state index contributed by atoms with van der Waals surface area (Å²) >= 11 is 0. The maximum absolute atomic E-state index is 12.5. The molecular formula is C30H41NO7. The van der Waals surface area contributed by atoms with Crippen LogP contribution in [0.3, 0.4) is 0 Å². The van der Waals surface area contributed by atoms with Gasteiger partial charge in [-0.2, -0.15) is 0 Å². The third-order valence-corrected chi connectivity index (χ3v) is 6.44. The summed E-state index contributed by atoms with van der Waals surface area (Å²) in [6.07, 6.45) is 3.10. The molecule has 2 aromatic rings. The molecule has 0 aliphatic heterocycles. The summed E-state index contributed by atoms with van der Waals surface area (Å²) in [6.45, 7) is 5.58. The Kier molecular flexibility index (Phi) is 13.1. The normalized spacial score (nSPS) is 12.2. The van der Waals surface area contributed by atoms with E-state index in [9.17, 15) is 9.59 Å². The number of hydrogen-bond donors (Lipinski definition) is 0. The van der Waals surface area contributed by atoms with E-state index in [0.29, 0.717) is 59.2 Å². The molecule has 8 heteroatoms. The molecule has 208 valence electrons. The number of ether oxygens (including phenoxy) is 5. The van der Waals surface area contributed by atoms with E-state index in [0.717, 1.165) is 19.3 Å². The Bertz CT molecular complexity index is 951. The van der Waals surface area contributed by atoms with Gasteiger partial charge in [0.2, 0.25) is 0 Å². The van der Waals surface area contributed by atoms with Crippen molar-refractivity contribution in [2.45, 2.75) is 38.5 Å². The van der Waals surface area contributed by atoms with E-state index in [2.05, 4.69) is 31.2 Å². The molecule has 0 bridgehead atoms. The number of hydrogen-bond acceptors (Lipinski definition) is 7. The summed E-state index contributed by atoms with van der Waals surface area (Å²) in [4.78, 5) is 25.5. The number of carbonyl (C=O) groups excluding carboxylic acids is 2. The summed E-state index contributed by atoms with van der Waals surface area (Å²) in [5.41, 5.74) is 4.80. The molecule has 1 aliphatic carbocycles. The van der Waals surface area contributed by atoms with E-state index in [1.54, 1.807) is 7.05 Å². The number of benzene rings is 2. The molecule has 1 aliphatic rings. The second kappa shape index (κ2) is 16.8. The van der Waals surface area contributed by atoms with Crippen molar-refractivity contribution in [2.75, 3.05) is 66.4 Å². The monoisotopic (exact) mass is 527 g/mol. The molecule has 3 rings (SSSR count). The summed E-state index contributed by atoms with van der Waals surface area (Å²) in [7, 11) is 1.71. The zero-order valence-corrected chi connectivity index (χ0v) is 22.7. The molecule has 8 nitrogen and oxygen atoms in total. The third kappa shape index (κ3) is 9.42. The molecule has 2 aromatic carbocycles. The zero-order chi connectivity index (χ0) is 27.0. The molecule has 0 heterocycles. The van der Waals surface area contributed by atoms with Crippen molar-refractivity contribution in [3.63, 3.8) is 0 Å². The predicted octanol–water partition coefficient (Wildman–Crippen LogP) is 5.04. The van der Waals surface area contributed by atoms with Gasteiger partial charge in [0.1, 0.15) is 13.2 Å². The lowest BCUT2D eigenvalue weighted by atomic mass is 9.98. The number of amides is 1. The average molecular weight is 528 g/mol. The smallest absolute Gasteiger partial charge is 0.409 e. The molecule has 1 amide bonds. The van der Waals surface area contributed by atoms with Crippen LogP contribution in [-0.2, 0) is 28.5 Å². The lowest BCUT2D eigenvalue weighted by Gasteiger charge is -2.19. The fraction of sp³-hybridized carbons (Fsp3) is 0.533. The number of nitrogens with zero attached hydrogens (tertiary/aromatic N) is 1. The number of esters is 1. The van der Waals surface area contributed by atoms with Gasteiger partial charge in [-0.1, -0.05) is 68.3 Å². The quantitative estimate of drug-likeness (QED) is 0.198. The van der Waals surface area contributed by atoms with E-state index >= 15 is 0 Å². The molecular weight excluding hydrogens is 486 g/mol. The number of likely N-dealkylation sites (N-methyl/N-ethyl adjacent to an activating group) is 1. The first-order valence-corrected chi connectivity index (χ1v) is 13.6. The molecule has 0 spiro atoms. The van der Waals surface area contributed by atoms with Crippen molar-refractivity contribution in [1.82, 2.24) is 4.90 Å². The zero-order valence-electron chi connectivity index (χ0n) is 22.7. The van der Waals surface area contributed by atoms with Gasteiger partial charge in [0.05, 0.1) is 39.6 Å². The predicted molar refractivity (Wildman–Crippen MR) is 145 cm³/mol. The van der Waals surface area contributed by atoms with Gasteiger partial charge in [0, 0.05) is 25.9 Å². The highest BCUT2D eigenvalue weighted by atomic mass is 16.6. The van der Waals surface area contributed by atoms with E-state index in [4.69, 9.17) is 23.7 Å². The molecule has 0 saturated heterocycles. The Balaban J connectivity index is 1.18. The van der Waals surface area contributed by atoms with Crippen LogP contribution < -0.4 is 0 Å². The van der Waals surface area contributed by atoms with Crippen LogP contribution in [0.2, 0.25) is 0 Å². The minimum Gasteiger partial charge on any atom is -0.463 e. The van der Waals surface area contributed by atoms with Gasteiger partial charge in [0.15, 0.2) is 0 Å². The van der Waals surface area contributed by atoms with Gasteiger partial charge in [-0.25, -0.2) is 4.79 Å². The standard InChI is InChI=1S/C30H41NO7/c1-3-4-5-14-29(32)37-22-21-36-20-19-35-18-17-34-16-15-31(2)30(33)38-23-28-26-12-8-6-10-24(26)25-11-7-9-13-27(25)28/h6-13,28H,3-5,14-23H2,1-2H3. The Morgan fingerprint density at radius 3 is 1.89 bits per heavy atom. The molecule has 0 radical (unpaired) electrons. The number of rotatable bonds is 18. The minimum atomic E-state index is -0.365. The summed E-state index contributed by atoms with van der Waals surface area (Å²) < 4.78 is 27.2. The van der Waals surface area contributed by atoms with Crippen LogP contribution in [-0.4, -0.2) is 83.4 Å². The van der Waals surface area contributed by atoms with E-state index < -0.39 is 0 Å². The largest absolute Gasteiger partial charge is 0.463 e. The van der Waals surface area contributed by atoms with Crippen molar-refractivity contribution in [3.8, 4) is 11.1 Å². The van der Waals surface area contributed by atoms with Gasteiger partial charge >= 0.3 is 12.1 Å². The lowest BCUT2D eigenvalue weighted by molar-refractivity contribution is -0.145. The number of unbranched alkanes of at least 4 members (excludes halogenated alkanes) is 2. The van der Waals surface area contributed by atoms with Gasteiger partial charge in [0.25, 0.3) is 0 Å². The fourth-order valence-electron chi connectivity index (χ4n) is 4.34. The van der Waals surface area contributed by atoms with Crippen LogP contribution in [0.1, 0.15) is 49.7 Å². The molecule has 0 N–H and O–H groups in total. The van der Waals surface area contributed by atoms with Crippen molar-refractivity contribution in [1.29, 1.82) is 0 Å². The highest BCUT2D eigenvalue weighted by Gasteiger charge is 2.29. The average Bonchev–Trinajstić information content (AvgIpc) is 3.26. The molecule has 0 aromatic heterocycles. The van der Waals surface area contributed by atoms with Gasteiger partial charge in [-0.3, -0.25) is 4.79 Å². The topological polar surface area (TPSA) is 83.5 Å². The van der Waals surface area contributed by atoms with Gasteiger partial charge in [-0.15, -0.1) is 0 Å². The van der Waals surface area contributed by atoms with Crippen LogP contribution in [0, 0.1) is 0 Å². The molecule has 0 atom stereocenters. The van der Waals surface area contributed by atoms with E-state index in [1.165, 1.54) is 27.2 Å². The second-order valence-corrected chi connectivity index (χ2v) is 9.24. The Morgan fingerprint density at radius 2 is 1.29 bits per heavy atom. The highest BCUT2D eigenvalue weighted by molar-refractivity contribution is 5.79. The van der Waals surface area contributed by atoms with Crippen LogP contribution in [0.15, 0.2) is 48.5 Å². The Hall–Kier alpha value is -2.94. The Morgan fingerprint density at radius 1 is 0.737 bits per heavy atom. The van der Waals surface area contributed by atoms with Crippen molar-refractivity contribution in [3.05, 3.63) is 59.7 Å². The third-order valence-electron chi connectivity index (χ3n) is 6.44.